The lowest BCUT2D eigenvalue weighted by Gasteiger charge is -2.11. The first kappa shape index (κ1) is 13.6. The van der Waals surface area contributed by atoms with Crippen molar-refractivity contribution in [3.8, 4) is 6.07 Å². The van der Waals surface area contributed by atoms with Crippen LogP contribution >= 0.6 is 0 Å². The number of hydrogen-bond acceptors (Lipinski definition) is 6. The number of hydrogen-bond donors (Lipinski definition) is 1. The van der Waals surface area contributed by atoms with Crippen molar-refractivity contribution in [3.05, 3.63) is 39.4 Å². The monoisotopic (exact) mass is 249 g/mol. The van der Waals surface area contributed by atoms with Crippen LogP contribution in [0.1, 0.15) is 24.1 Å². The lowest BCUT2D eigenvalue weighted by atomic mass is 10.0. The summed E-state index contributed by atoms with van der Waals surface area (Å²) < 4.78 is 4.70. The molecule has 0 radical (unpaired) electrons. The molecule has 0 saturated heterocycles. The van der Waals surface area contributed by atoms with E-state index in [2.05, 4.69) is 0 Å². The molecule has 94 valence electrons. The molecule has 7 nitrogen and oxygen atoms in total. The number of carbonyl (C=O) groups excluding carboxylic acids is 1. The van der Waals surface area contributed by atoms with Crippen LogP contribution in [0.3, 0.4) is 0 Å². The first-order chi connectivity index (χ1) is 8.51. The van der Waals surface area contributed by atoms with Gasteiger partial charge in [-0.3, -0.25) is 10.1 Å². The van der Waals surface area contributed by atoms with Gasteiger partial charge in [-0.25, -0.2) is 4.79 Å². The van der Waals surface area contributed by atoms with Gasteiger partial charge in [0.2, 0.25) is 0 Å². The highest BCUT2D eigenvalue weighted by Crippen LogP contribution is 2.25. The molecule has 1 aromatic carbocycles. The molecule has 0 aliphatic carbocycles. The van der Waals surface area contributed by atoms with Gasteiger partial charge in [0.15, 0.2) is 0 Å². The Morgan fingerprint density at radius 3 is 2.83 bits per heavy atom. The number of benzene rings is 1. The van der Waals surface area contributed by atoms with Gasteiger partial charge < -0.3 is 10.5 Å². The molecule has 0 aromatic heterocycles. The van der Waals surface area contributed by atoms with Crippen molar-refractivity contribution >= 4 is 11.7 Å². The van der Waals surface area contributed by atoms with Crippen molar-refractivity contribution in [1.82, 2.24) is 0 Å². The van der Waals surface area contributed by atoms with Crippen LogP contribution in [0.15, 0.2) is 18.2 Å². The number of carbonyl (C=O) groups is 1. The van der Waals surface area contributed by atoms with Gasteiger partial charge in [0.1, 0.15) is 6.04 Å². The highest BCUT2D eigenvalue weighted by Gasteiger charge is 2.26. The lowest BCUT2D eigenvalue weighted by Crippen LogP contribution is -2.24. The minimum atomic E-state index is -1.24. The summed E-state index contributed by atoms with van der Waals surface area (Å²) >= 11 is 0. The Morgan fingerprint density at radius 2 is 2.33 bits per heavy atom. The van der Waals surface area contributed by atoms with E-state index in [0.717, 1.165) is 6.07 Å². The van der Waals surface area contributed by atoms with Crippen LogP contribution in [0, 0.1) is 21.4 Å². The third-order valence-corrected chi connectivity index (χ3v) is 2.23. The van der Waals surface area contributed by atoms with Crippen LogP contribution < -0.4 is 5.73 Å². The molecule has 2 N–H and O–H groups in total. The zero-order valence-corrected chi connectivity index (χ0v) is 9.62. The zero-order valence-electron chi connectivity index (χ0n) is 9.62. The Labute approximate surface area is 103 Å². The summed E-state index contributed by atoms with van der Waals surface area (Å²) in [5.74, 6) is -0.745. The number of nitro groups is 1. The normalized spacial score (nSPS) is 11.4. The van der Waals surface area contributed by atoms with Crippen molar-refractivity contribution in [3.63, 3.8) is 0 Å². The average molecular weight is 249 g/mol. The smallest absolute Gasteiger partial charge is 0.327 e. The summed E-state index contributed by atoms with van der Waals surface area (Å²) in [6.07, 6.45) is 0. The zero-order chi connectivity index (χ0) is 13.7. The third-order valence-electron chi connectivity index (χ3n) is 2.23. The van der Waals surface area contributed by atoms with Crippen LogP contribution in [0.25, 0.3) is 0 Å². The Balaban J connectivity index is 3.20. The van der Waals surface area contributed by atoms with Gasteiger partial charge in [-0.05, 0) is 19.1 Å². The van der Waals surface area contributed by atoms with E-state index >= 15 is 0 Å². The number of esters is 1. The minimum absolute atomic E-state index is 0.0254. The molecule has 0 spiro atoms. The van der Waals surface area contributed by atoms with E-state index in [1.165, 1.54) is 12.1 Å². The van der Waals surface area contributed by atoms with E-state index in [1.807, 2.05) is 0 Å². The maximum Gasteiger partial charge on any atom is 0.327 e. The van der Waals surface area contributed by atoms with Crippen molar-refractivity contribution in [2.24, 2.45) is 5.73 Å². The van der Waals surface area contributed by atoms with E-state index in [9.17, 15) is 14.9 Å². The fourth-order valence-electron chi connectivity index (χ4n) is 1.39. The Kier molecular flexibility index (Phi) is 4.34. The van der Waals surface area contributed by atoms with Crippen molar-refractivity contribution in [2.75, 3.05) is 6.61 Å². The molecule has 0 amide bonds. The van der Waals surface area contributed by atoms with E-state index < -0.39 is 16.9 Å². The van der Waals surface area contributed by atoms with Crippen molar-refractivity contribution in [1.29, 1.82) is 5.26 Å². The number of ether oxygens (including phenoxy) is 1. The molecule has 0 fully saturated rings. The summed E-state index contributed by atoms with van der Waals surface area (Å²) in [6, 6.07) is 4.27. The van der Waals surface area contributed by atoms with Crippen LogP contribution in [0.2, 0.25) is 0 Å². The number of nitrogens with zero attached hydrogens (tertiary/aromatic N) is 2. The number of rotatable bonds is 4. The minimum Gasteiger partial charge on any atom is -0.465 e. The average Bonchev–Trinajstić information content (AvgIpc) is 2.37. The molecule has 0 heterocycles. The molecule has 0 aliphatic rings. The molecule has 1 unspecified atom stereocenters. The van der Waals surface area contributed by atoms with E-state index in [1.54, 1.807) is 13.0 Å². The van der Waals surface area contributed by atoms with Crippen molar-refractivity contribution < 1.29 is 14.5 Å². The predicted octanol–water partition coefficient (Wildman–Crippen LogP) is 1.03. The van der Waals surface area contributed by atoms with Gasteiger partial charge in [-0.15, -0.1) is 0 Å². The molecule has 0 bridgehead atoms. The van der Waals surface area contributed by atoms with Crippen molar-refractivity contribution in [2.45, 2.75) is 13.0 Å². The quantitative estimate of drug-likeness (QED) is 0.483. The number of nitrogens with two attached hydrogens (primary N) is 1. The second-order valence-corrected chi connectivity index (χ2v) is 3.37. The lowest BCUT2D eigenvalue weighted by molar-refractivity contribution is -0.385. The third kappa shape index (κ3) is 2.81. The molecule has 7 heteroatoms. The molecule has 1 rings (SSSR count). The van der Waals surface area contributed by atoms with E-state index in [-0.39, 0.29) is 23.4 Å². The van der Waals surface area contributed by atoms with Gasteiger partial charge in [0, 0.05) is 6.07 Å². The summed E-state index contributed by atoms with van der Waals surface area (Å²) in [6.45, 7) is 1.74. The second-order valence-electron chi connectivity index (χ2n) is 3.37. The first-order valence-electron chi connectivity index (χ1n) is 5.12. The van der Waals surface area contributed by atoms with Crippen LogP contribution in [0.4, 0.5) is 5.69 Å². The fraction of sp³-hybridized carbons (Fsp3) is 0.273. The molecule has 1 aromatic rings. The van der Waals surface area contributed by atoms with Crippen LogP contribution in [-0.4, -0.2) is 17.5 Å². The largest absolute Gasteiger partial charge is 0.465 e. The van der Waals surface area contributed by atoms with E-state index in [0.29, 0.717) is 0 Å². The van der Waals surface area contributed by atoms with Gasteiger partial charge in [-0.2, -0.15) is 5.26 Å². The summed E-state index contributed by atoms with van der Waals surface area (Å²) in [5, 5.41) is 19.5. The summed E-state index contributed by atoms with van der Waals surface area (Å²) in [4.78, 5) is 21.6. The first-order valence-corrected chi connectivity index (χ1v) is 5.12. The molecule has 18 heavy (non-hydrogen) atoms. The van der Waals surface area contributed by atoms with E-state index in [4.69, 9.17) is 15.7 Å². The number of nitro benzene ring substituents is 1. The second kappa shape index (κ2) is 5.75. The van der Waals surface area contributed by atoms with Gasteiger partial charge in [0.05, 0.1) is 28.7 Å². The molecular weight excluding hydrogens is 238 g/mol. The van der Waals surface area contributed by atoms with Gasteiger partial charge >= 0.3 is 5.97 Å². The highest BCUT2D eigenvalue weighted by molar-refractivity contribution is 5.79. The van der Waals surface area contributed by atoms with Crippen LogP contribution in [-0.2, 0) is 9.53 Å². The maximum atomic E-state index is 11.4. The Hall–Kier alpha value is -2.46. The summed E-state index contributed by atoms with van der Waals surface area (Å²) in [7, 11) is 0. The highest BCUT2D eigenvalue weighted by atomic mass is 16.6. The predicted molar refractivity (Wildman–Crippen MR) is 61.4 cm³/mol. The van der Waals surface area contributed by atoms with Gasteiger partial charge in [-0.1, -0.05) is 0 Å². The van der Waals surface area contributed by atoms with Gasteiger partial charge in [0.25, 0.3) is 5.69 Å². The molecule has 0 saturated carbocycles. The maximum absolute atomic E-state index is 11.4. The number of nitriles is 1. The topological polar surface area (TPSA) is 119 Å². The molecule has 0 aliphatic heterocycles. The molecule has 1 atom stereocenters. The summed E-state index contributed by atoms with van der Waals surface area (Å²) in [5.41, 5.74) is 5.38. The standard InChI is InChI=1S/C11H11N3O4/c1-2-18-11(15)10(13)8-4-3-7(6-12)5-9(8)14(16)17/h3-5,10H,2,13H2,1H3. The fourth-order valence-corrected chi connectivity index (χ4v) is 1.39. The Morgan fingerprint density at radius 1 is 1.67 bits per heavy atom. The molecular formula is C11H11N3O4. The SMILES string of the molecule is CCOC(=O)C(N)c1ccc(C#N)cc1[N+](=O)[O-]. The Bertz CT molecular complexity index is 522. The van der Waals surface area contributed by atoms with Crippen LogP contribution in [0.5, 0.6) is 0 Å².